The van der Waals surface area contributed by atoms with Crippen molar-refractivity contribution < 1.29 is 9.90 Å². The van der Waals surface area contributed by atoms with E-state index in [0.29, 0.717) is 11.6 Å². The molecule has 13 heavy (non-hydrogen) atoms. The quantitative estimate of drug-likeness (QED) is 0.676. The molecule has 0 aromatic heterocycles. The van der Waals surface area contributed by atoms with E-state index in [1.54, 1.807) is 13.0 Å². The lowest BCUT2D eigenvalue weighted by atomic mass is 10.00. The molecule has 0 spiro atoms. The van der Waals surface area contributed by atoms with E-state index in [1.807, 2.05) is 21.0 Å². The summed E-state index contributed by atoms with van der Waals surface area (Å²) in [7, 11) is 3.98. The summed E-state index contributed by atoms with van der Waals surface area (Å²) in [5.74, 6) is -0.580. The molecule has 0 radical (unpaired) electrons. The molecule has 0 fully saturated rings. The normalized spacial score (nSPS) is 17.2. The number of nitrogens with zero attached hydrogens (tertiary/aromatic N) is 1. The van der Waals surface area contributed by atoms with Gasteiger partial charge in [0.25, 0.3) is 0 Å². The smallest absolute Gasteiger partial charge is 0.330 e. The van der Waals surface area contributed by atoms with Crippen molar-refractivity contribution in [1.82, 2.24) is 4.90 Å². The molecule has 3 heteroatoms. The van der Waals surface area contributed by atoms with Gasteiger partial charge in [0.1, 0.15) is 0 Å². The standard InChI is InChI=1S/C10H19NO2/c1-7(9(3)11(4)5)6-8(2)10(12)13/h6-7,9H,1-5H3,(H,12,13). The molecule has 76 valence electrons. The van der Waals surface area contributed by atoms with Crippen molar-refractivity contribution in [1.29, 1.82) is 0 Å². The second kappa shape index (κ2) is 5.02. The van der Waals surface area contributed by atoms with Crippen molar-refractivity contribution >= 4 is 5.97 Å². The summed E-state index contributed by atoms with van der Waals surface area (Å²) in [6, 6.07) is 0.356. The zero-order valence-electron chi connectivity index (χ0n) is 9.03. The molecule has 0 heterocycles. The molecule has 0 aliphatic heterocycles. The van der Waals surface area contributed by atoms with E-state index in [1.165, 1.54) is 0 Å². The predicted octanol–water partition coefficient (Wildman–Crippen LogP) is 1.60. The second-order valence-corrected chi connectivity index (χ2v) is 3.72. The molecule has 0 bridgehead atoms. The average Bonchev–Trinajstić information content (AvgIpc) is 2.02. The Bertz CT molecular complexity index is 209. The van der Waals surface area contributed by atoms with Gasteiger partial charge >= 0.3 is 5.97 Å². The van der Waals surface area contributed by atoms with Crippen LogP contribution in [0.2, 0.25) is 0 Å². The fourth-order valence-corrected chi connectivity index (χ4v) is 1.08. The molecule has 1 N–H and O–H groups in total. The number of hydrogen-bond acceptors (Lipinski definition) is 2. The maximum atomic E-state index is 10.5. The van der Waals surface area contributed by atoms with Gasteiger partial charge in [-0.3, -0.25) is 0 Å². The van der Waals surface area contributed by atoms with Crippen LogP contribution < -0.4 is 0 Å². The lowest BCUT2D eigenvalue weighted by Crippen LogP contribution is -2.30. The van der Waals surface area contributed by atoms with Crippen LogP contribution in [0.3, 0.4) is 0 Å². The van der Waals surface area contributed by atoms with Crippen molar-refractivity contribution in [3.8, 4) is 0 Å². The van der Waals surface area contributed by atoms with Gasteiger partial charge in [0.15, 0.2) is 0 Å². The van der Waals surface area contributed by atoms with Gasteiger partial charge in [-0.2, -0.15) is 0 Å². The highest BCUT2D eigenvalue weighted by atomic mass is 16.4. The minimum absolute atomic E-state index is 0.256. The third-order valence-electron chi connectivity index (χ3n) is 2.43. The summed E-state index contributed by atoms with van der Waals surface area (Å²) in [6.07, 6.45) is 1.80. The molecule has 0 saturated heterocycles. The van der Waals surface area contributed by atoms with Gasteiger partial charge in [-0.1, -0.05) is 13.0 Å². The van der Waals surface area contributed by atoms with E-state index >= 15 is 0 Å². The SMILES string of the molecule is CC(=CC(C)C(C)N(C)C)C(=O)O. The van der Waals surface area contributed by atoms with Crippen molar-refractivity contribution in [2.24, 2.45) is 5.92 Å². The Morgan fingerprint density at radius 3 is 2.15 bits per heavy atom. The minimum atomic E-state index is -0.835. The highest BCUT2D eigenvalue weighted by Crippen LogP contribution is 2.11. The summed E-state index contributed by atoms with van der Waals surface area (Å²) in [6.45, 7) is 5.73. The molecule has 0 aromatic rings. The number of aliphatic carboxylic acids is 1. The average molecular weight is 185 g/mol. The van der Waals surface area contributed by atoms with Gasteiger partial charge in [-0.15, -0.1) is 0 Å². The Morgan fingerprint density at radius 2 is 1.85 bits per heavy atom. The van der Waals surface area contributed by atoms with E-state index in [4.69, 9.17) is 5.11 Å². The zero-order valence-corrected chi connectivity index (χ0v) is 9.03. The molecule has 0 aliphatic rings. The van der Waals surface area contributed by atoms with E-state index in [-0.39, 0.29) is 5.92 Å². The van der Waals surface area contributed by atoms with Crippen LogP contribution >= 0.6 is 0 Å². The highest BCUT2D eigenvalue weighted by Gasteiger charge is 2.13. The van der Waals surface area contributed by atoms with Gasteiger partial charge in [0.2, 0.25) is 0 Å². The van der Waals surface area contributed by atoms with Crippen LogP contribution in [0.1, 0.15) is 20.8 Å². The first-order valence-electron chi connectivity index (χ1n) is 4.44. The Balaban J connectivity index is 4.36. The minimum Gasteiger partial charge on any atom is -0.478 e. The van der Waals surface area contributed by atoms with Crippen molar-refractivity contribution in [2.75, 3.05) is 14.1 Å². The molecule has 2 unspecified atom stereocenters. The fraction of sp³-hybridized carbons (Fsp3) is 0.700. The number of carboxylic acid groups (broad SMARTS) is 1. The molecule has 0 amide bonds. The van der Waals surface area contributed by atoms with Crippen molar-refractivity contribution in [2.45, 2.75) is 26.8 Å². The van der Waals surface area contributed by atoms with Crippen LogP contribution in [0.4, 0.5) is 0 Å². The van der Waals surface area contributed by atoms with Crippen molar-refractivity contribution in [3.63, 3.8) is 0 Å². The number of rotatable bonds is 4. The number of hydrogen-bond donors (Lipinski definition) is 1. The summed E-state index contributed by atoms with van der Waals surface area (Å²) in [4.78, 5) is 12.6. The zero-order chi connectivity index (χ0) is 10.6. The van der Waals surface area contributed by atoms with Gasteiger partial charge < -0.3 is 10.0 Å². The number of carbonyl (C=O) groups is 1. The first-order valence-corrected chi connectivity index (χ1v) is 4.44. The third-order valence-corrected chi connectivity index (χ3v) is 2.43. The Kier molecular flexibility index (Phi) is 4.70. The van der Waals surface area contributed by atoms with E-state index in [9.17, 15) is 4.79 Å². The summed E-state index contributed by atoms with van der Waals surface area (Å²) in [5, 5.41) is 8.67. The maximum absolute atomic E-state index is 10.5. The molecular formula is C10H19NO2. The first kappa shape index (κ1) is 12.2. The van der Waals surface area contributed by atoms with Gasteiger partial charge in [-0.05, 0) is 33.9 Å². The maximum Gasteiger partial charge on any atom is 0.330 e. The van der Waals surface area contributed by atoms with Crippen LogP contribution in [-0.4, -0.2) is 36.1 Å². The lowest BCUT2D eigenvalue weighted by Gasteiger charge is -2.24. The van der Waals surface area contributed by atoms with Crippen LogP contribution in [0.15, 0.2) is 11.6 Å². The summed E-state index contributed by atoms with van der Waals surface area (Å²) < 4.78 is 0. The molecule has 0 aliphatic carbocycles. The fourth-order valence-electron chi connectivity index (χ4n) is 1.08. The highest BCUT2D eigenvalue weighted by molar-refractivity contribution is 5.85. The monoisotopic (exact) mass is 185 g/mol. The van der Waals surface area contributed by atoms with Gasteiger partial charge in [0, 0.05) is 11.6 Å². The Hall–Kier alpha value is -0.830. The number of carboxylic acids is 1. The third kappa shape index (κ3) is 4.08. The van der Waals surface area contributed by atoms with Gasteiger partial charge in [-0.25, -0.2) is 4.79 Å². The molecule has 0 aromatic carbocycles. The van der Waals surface area contributed by atoms with Gasteiger partial charge in [0.05, 0.1) is 0 Å². The molecular weight excluding hydrogens is 166 g/mol. The lowest BCUT2D eigenvalue weighted by molar-refractivity contribution is -0.132. The largest absolute Gasteiger partial charge is 0.478 e. The second-order valence-electron chi connectivity index (χ2n) is 3.72. The van der Waals surface area contributed by atoms with Crippen LogP contribution in [0.5, 0.6) is 0 Å². The molecule has 0 saturated carbocycles. The van der Waals surface area contributed by atoms with E-state index < -0.39 is 5.97 Å². The van der Waals surface area contributed by atoms with Crippen LogP contribution in [-0.2, 0) is 4.79 Å². The molecule has 0 rings (SSSR count). The van der Waals surface area contributed by atoms with E-state index in [0.717, 1.165) is 0 Å². The molecule has 3 nitrogen and oxygen atoms in total. The molecule has 2 atom stereocenters. The Morgan fingerprint density at radius 1 is 1.38 bits per heavy atom. The predicted molar refractivity (Wildman–Crippen MR) is 53.7 cm³/mol. The Labute approximate surface area is 80.0 Å². The van der Waals surface area contributed by atoms with E-state index in [2.05, 4.69) is 11.8 Å². The summed E-state index contributed by atoms with van der Waals surface area (Å²) in [5.41, 5.74) is 0.418. The van der Waals surface area contributed by atoms with Crippen LogP contribution in [0.25, 0.3) is 0 Å². The van der Waals surface area contributed by atoms with Crippen molar-refractivity contribution in [3.05, 3.63) is 11.6 Å². The van der Waals surface area contributed by atoms with Crippen LogP contribution in [0, 0.1) is 5.92 Å². The first-order chi connectivity index (χ1) is 5.86. The topological polar surface area (TPSA) is 40.5 Å². The summed E-state index contributed by atoms with van der Waals surface area (Å²) >= 11 is 0.